The van der Waals surface area contributed by atoms with Gasteiger partial charge in [0.05, 0.1) is 27.7 Å². The summed E-state index contributed by atoms with van der Waals surface area (Å²) < 4.78 is 34.4. The highest BCUT2D eigenvalue weighted by atomic mass is 31.2. The van der Waals surface area contributed by atoms with Gasteiger partial charge in [0, 0.05) is 12.8 Å². The standard InChI is InChI=1S/C75H150NO8P/c1-6-8-10-12-14-16-18-20-22-24-26-28-29-30-31-32-33-34-35-36-37-38-39-40-41-42-43-44-45-46-48-50-52-54-56-58-60-62-64-66-68-75(78)84-73(72-83-85(79,80)82-70-69-76(3,4)5)71-81-74(77)67-65-63-61-59-57-55-53-51-49-47-27-25-23-21-19-17-15-13-11-9-7-2/h73H,6-72H2,1-5H3. The summed E-state index contributed by atoms with van der Waals surface area (Å²) in [5, 5.41) is 0. The first-order valence-electron chi connectivity index (χ1n) is 38.2. The van der Waals surface area contributed by atoms with Crippen LogP contribution in [0.3, 0.4) is 0 Å². The van der Waals surface area contributed by atoms with Gasteiger partial charge >= 0.3 is 11.9 Å². The van der Waals surface area contributed by atoms with Crippen LogP contribution in [0, 0.1) is 0 Å². The molecule has 2 unspecified atom stereocenters. The highest BCUT2D eigenvalue weighted by Gasteiger charge is 2.22. The second-order valence-corrected chi connectivity index (χ2v) is 29.2. The van der Waals surface area contributed by atoms with E-state index in [0.717, 1.165) is 32.1 Å². The number of likely N-dealkylation sites (N-methyl/N-ethyl adjacent to an activating group) is 1. The number of rotatable bonds is 73. The van der Waals surface area contributed by atoms with Crippen molar-refractivity contribution in [2.24, 2.45) is 0 Å². The van der Waals surface area contributed by atoms with Gasteiger partial charge in [-0.05, 0) is 12.8 Å². The Labute approximate surface area is 531 Å². The van der Waals surface area contributed by atoms with Gasteiger partial charge in [-0.2, -0.15) is 0 Å². The molecule has 0 saturated heterocycles. The number of phosphoric ester groups is 1. The van der Waals surface area contributed by atoms with Crippen LogP contribution < -0.4 is 4.89 Å². The summed E-state index contributed by atoms with van der Waals surface area (Å²) in [4.78, 5) is 38.1. The maximum atomic E-state index is 12.9. The topological polar surface area (TPSA) is 111 Å². The van der Waals surface area contributed by atoms with E-state index in [-0.39, 0.29) is 32.0 Å². The Morgan fingerprint density at radius 2 is 0.529 bits per heavy atom. The molecule has 0 amide bonds. The smallest absolute Gasteiger partial charge is 0.306 e. The van der Waals surface area contributed by atoms with Crippen LogP contribution in [0.15, 0.2) is 0 Å². The third-order valence-electron chi connectivity index (χ3n) is 17.9. The van der Waals surface area contributed by atoms with E-state index in [1.165, 1.54) is 353 Å². The largest absolute Gasteiger partial charge is 0.756 e. The summed E-state index contributed by atoms with van der Waals surface area (Å²) in [5.41, 5.74) is 0. The van der Waals surface area contributed by atoms with Gasteiger partial charge in [-0.15, -0.1) is 0 Å². The molecule has 0 aromatic rings. The summed E-state index contributed by atoms with van der Waals surface area (Å²) in [6.07, 6.45) is 82.3. The molecule has 0 rings (SSSR count). The lowest BCUT2D eigenvalue weighted by molar-refractivity contribution is -0.870. The lowest BCUT2D eigenvalue weighted by Crippen LogP contribution is -2.37. The van der Waals surface area contributed by atoms with Crippen molar-refractivity contribution >= 4 is 19.8 Å². The molecule has 0 bridgehead atoms. The van der Waals surface area contributed by atoms with Crippen LogP contribution in [0.4, 0.5) is 0 Å². The number of phosphoric acid groups is 1. The predicted octanol–water partition coefficient (Wildman–Crippen LogP) is 24.3. The molecule has 0 radical (unpaired) electrons. The molecule has 0 aliphatic heterocycles. The zero-order chi connectivity index (χ0) is 61.9. The van der Waals surface area contributed by atoms with Gasteiger partial charge in [0.1, 0.15) is 19.8 Å². The van der Waals surface area contributed by atoms with E-state index in [0.29, 0.717) is 17.4 Å². The number of hydrogen-bond acceptors (Lipinski definition) is 8. The minimum Gasteiger partial charge on any atom is -0.756 e. The van der Waals surface area contributed by atoms with E-state index in [1.807, 2.05) is 21.1 Å². The molecule has 0 aromatic carbocycles. The van der Waals surface area contributed by atoms with Crippen LogP contribution in [0.5, 0.6) is 0 Å². The van der Waals surface area contributed by atoms with Crippen molar-refractivity contribution < 1.29 is 42.1 Å². The van der Waals surface area contributed by atoms with E-state index in [4.69, 9.17) is 18.5 Å². The Bertz CT molecular complexity index is 1390. The molecule has 2 atom stereocenters. The van der Waals surface area contributed by atoms with Gasteiger partial charge in [0.25, 0.3) is 7.82 Å². The monoisotopic (exact) mass is 1220 g/mol. The second-order valence-electron chi connectivity index (χ2n) is 27.7. The normalized spacial score (nSPS) is 13.0. The lowest BCUT2D eigenvalue weighted by Gasteiger charge is -2.28. The molecule has 9 nitrogen and oxygen atoms in total. The minimum atomic E-state index is -4.63. The van der Waals surface area contributed by atoms with E-state index in [2.05, 4.69) is 13.8 Å². The highest BCUT2D eigenvalue weighted by Crippen LogP contribution is 2.38. The van der Waals surface area contributed by atoms with Crippen molar-refractivity contribution in [3.8, 4) is 0 Å². The second kappa shape index (κ2) is 67.4. The number of unbranched alkanes of at least 4 members (excludes halogenated alkanes) is 59. The molecule has 508 valence electrons. The average molecular weight is 1220 g/mol. The fourth-order valence-electron chi connectivity index (χ4n) is 12.0. The first kappa shape index (κ1) is 84.0. The van der Waals surface area contributed by atoms with Crippen molar-refractivity contribution in [2.75, 3.05) is 47.5 Å². The third-order valence-corrected chi connectivity index (χ3v) is 18.8. The van der Waals surface area contributed by atoms with Crippen LogP contribution >= 0.6 is 7.82 Å². The van der Waals surface area contributed by atoms with Crippen molar-refractivity contribution in [2.45, 2.75) is 424 Å². The molecule has 10 heteroatoms. The van der Waals surface area contributed by atoms with Crippen LogP contribution in [-0.2, 0) is 32.7 Å². The number of quaternary nitrogens is 1. The molecule has 0 saturated carbocycles. The maximum Gasteiger partial charge on any atom is 0.306 e. The summed E-state index contributed by atoms with van der Waals surface area (Å²) in [6, 6.07) is 0. The Balaban J connectivity index is 3.84. The summed E-state index contributed by atoms with van der Waals surface area (Å²) >= 11 is 0. The summed E-state index contributed by atoms with van der Waals surface area (Å²) in [5.74, 6) is -0.803. The van der Waals surface area contributed by atoms with Crippen LogP contribution in [0.25, 0.3) is 0 Å². The SMILES string of the molecule is CCCCCCCCCCCCCCCCCCCCCCCCCCCCCCCCCCCCCCCCCCC(=O)OC(COC(=O)CCCCCCCCCCCCCCCCCCCCCCC)COP(=O)([O-])OCC[N+](C)(C)C. The van der Waals surface area contributed by atoms with E-state index in [9.17, 15) is 19.0 Å². The Morgan fingerprint density at radius 3 is 0.753 bits per heavy atom. The Morgan fingerprint density at radius 1 is 0.318 bits per heavy atom. The Hall–Kier alpha value is -0.990. The summed E-state index contributed by atoms with van der Waals surface area (Å²) in [7, 11) is 1.20. The molecular formula is C75H150NO8P. The molecule has 0 N–H and O–H groups in total. The molecule has 85 heavy (non-hydrogen) atoms. The Kier molecular flexibility index (Phi) is 66.6. The van der Waals surface area contributed by atoms with Gasteiger partial charge in [-0.25, -0.2) is 0 Å². The molecule has 0 aliphatic carbocycles. The molecular weight excluding hydrogens is 1070 g/mol. The van der Waals surface area contributed by atoms with Crippen LogP contribution in [0.2, 0.25) is 0 Å². The minimum absolute atomic E-state index is 0.0248. The van der Waals surface area contributed by atoms with Crippen molar-refractivity contribution in [1.29, 1.82) is 0 Å². The number of ether oxygens (including phenoxy) is 2. The molecule has 0 spiro atoms. The van der Waals surface area contributed by atoms with Gasteiger partial charge in [0.15, 0.2) is 6.10 Å². The number of carbonyl (C=O) groups is 2. The number of esters is 2. The first-order chi connectivity index (χ1) is 41.5. The van der Waals surface area contributed by atoms with Crippen LogP contribution in [-0.4, -0.2) is 70.0 Å². The van der Waals surface area contributed by atoms with Gasteiger partial charge in [0.2, 0.25) is 0 Å². The van der Waals surface area contributed by atoms with E-state index >= 15 is 0 Å². The van der Waals surface area contributed by atoms with Gasteiger partial charge in [-0.3, -0.25) is 14.2 Å². The predicted molar refractivity (Wildman–Crippen MR) is 365 cm³/mol. The molecule has 0 heterocycles. The molecule has 0 fully saturated rings. The van der Waals surface area contributed by atoms with Crippen molar-refractivity contribution in [1.82, 2.24) is 0 Å². The quantitative estimate of drug-likeness (QED) is 0.0256. The third kappa shape index (κ3) is 72.0. The van der Waals surface area contributed by atoms with Crippen molar-refractivity contribution in [3.63, 3.8) is 0 Å². The fourth-order valence-corrected chi connectivity index (χ4v) is 12.7. The highest BCUT2D eigenvalue weighted by molar-refractivity contribution is 7.45. The van der Waals surface area contributed by atoms with E-state index < -0.39 is 26.5 Å². The van der Waals surface area contributed by atoms with E-state index in [1.54, 1.807) is 0 Å². The average Bonchev–Trinajstić information content (AvgIpc) is 3.51. The zero-order valence-corrected chi connectivity index (χ0v) is 59.0. The van der Waals surface area contributed by atoms with Gasteiger partial charge < -0.3 is 27.9 Å². The van der Waals surface area contributed by atoms with Crippen molar-refractivity contribution in [3.05, 3.63) is 0 Å². The fraction of sp³-hybridized carbons (Fsp3) is 0.973. The van der Waals surface area contributed by atoms with Gasteiger partial charge in [-0.1, -0.05) is 393 Å². The zero-order valence-electron chi connectivity index (χ0n) is 58.1. The first-order valence-corrected chi connectivity index (χ1v) is 39.7. The number of carbonyl (C=O) groups excluding carboxylic acids is 2. The van der Waals surface area contributed by atoms with Crippen LogP contribution in [0.1, 0.15) is 418 Å². The number of hydrogen-bond donors (Lipinski definition) is 0. The molecule has 0 aliphatic rings. The number of nitrogens with zero attached hydrogens (tertiary/aromatic N) is 1. The summed E-state index contributed by atoms with van der Waals surface area (Å²) in [6.45, 7) is 4.34. The maximum absolute atomic E-state index is 12.9. The molecule has 0 aromatic heterocycles. The lowest BCUT2D eigenvalue weighted by atomic mass is 10.0.